The minimum atomic E-state index is -1.17. The van der Waals surface area contributed by atoms with E-state index in [-0.39, 0.29) is 23.7 Å². The van der Waals surface area contributed by atoms with Crippen molar-refractivity contribution < 1.29 is 19.5 Å². The highest BCUT2D eigenvalue weighted by molar-refractivity contribution is 7.12. The number of aromatic nitrogens is 1. The van der Waals surface area contributed by atoms with Crippen molar-refractivity contribution in [1.29, 1.82) is 0 Å². The maximum Gasteiger partial charge on any atom is 0.337 e. The summed E-state index contributed by atoms with van der Waals surface area (Å²) in [5, 5.41) is 15.6. The second kappa shape index (κ2) is 6.62. The van der Waals surface area contributed by atoms with Gasteiger partial charge in [-0.3, -0.25) is 14.6 Å². The number of amides is 2. The Morgan fingerprint density at radius 1 is 1.29 bits per heavy atom. The number of thiophene rings is 1. The van der Waals surface area contributed by atoms with E-state index in [1.807, 2.05) is 0 Å². The topological polar surface area (TPSA) is 108 Å². The molecule has 8 heteroatoms. The third-order valence-corrected chi connectivity index (χ3v) is 3.35. The number of pyridine rings is 1. The average Bonchev–Trinajstić information content (AvgIpc) is 2.99. The zero-order valence-electron chi connectivity index (χ0n) is 10.7. The molecule has 2 aromatic rings. The Morgan fingerprint density at radius 2 is 2.10 bits per heavy atom. The molecule has 0 aliphatic rings. The van der Waals surface area contributed by atoms with Crippen LogP contribution in [0.1, 0.15) is 20.0 Å². The molecule has 2 amide bonds. The van der Waals surface area contributed by atoms with Gasteiger partial charge in [-0.25, -0.2) is 4.79 Å². The Kier molecular flexibility index (Phi) is 4.62. The Balaban J connectivity index is 1.93. The molecule has 0 unspecified atom stereocenters. The molecule has 0 fully saturated rings. The Labute approximate surface area is 123 Å². The molecule has 0 atom stereocenters. The predicted molar refractivity (Wildman–Crippen MR) is 76.5 cm³/mol. The molecule has 21 heavy (non-hydrogen) atoms. The Hall–Kier alpha value is -2.74. The number of rotatable bonds is 5. The minimum Gasteiger partial charge on any atom is -0.478 e. The van der Waals surface area contributed by atoms with Gasteiger partial charge in [-0.15, -0.1) is 11.3 Å². The molecule has 108 valence electrons. The number of hydrogen-bond acceptors (Lipinski definition) is 5. The summed E-state index contributed by atoms with van der Waals surface area (Å²) in [7, 11) is 0. The van der Waals surface area contributed by atoms with Crippen molar-refractivity contribution in [1.82, 2.24) is 10.3 Å². The second-order valence-electron chi connectivity index (χ2n) is 3.93. The molecular weight excluding hydrogens is 294 g/mol. The van der Waals surface area contributed by atoms with Crippen molar-refractivity contribution in [3.05, 3.63) is 46.4 Å². The SMILES string of the molecule is O=C(CNC(=O)c1cccs1)Nc1cnccc1C(=O)O. The lowest BCUT2D eigenvalue weighted by atomic mass is 10.2. The molecule has 7 nitrogen and oxygen atoms in total. The Morgan fingerprint density at radius 3 is 2.76 bits per heavy atom. The molecular formula is C13H11N3O4S. The van der Waals surface area contributed by atoms with Crippen LogP contribution in [-0.4, -0.2) is 34.4 Å². The van der Waals surface area contributed by atoms with Gasteiger partial charge in [0.25, 0.3) is 5.91 Å². The van der Waals surface area contributed by atoms with Crippen LogP contribution >= 0.6 is 11.3 Å². The fraction of sp³-hybridized carbons (Fsp3) is 0.0769. The number of carbonyl (C=O) groups is 3. The van der Waals surface area contributed by atoms with Crippen LogP contribution in [0.15, 0.2) is 36.0 Å². The number of nitrogens with zero attached hydrogens (tertiary/aromatic N) is 1. The molecule has 0 aliphatic heterocycles. The first-order valence-electron chi connectivity index (χ1n) is 5.87. The van der Waals surface area contributed by atoms with Crippen LogP contribution in [0.3, 0.4) is 0 Å². The molecule has 0 bridgehead atoms. The molecule has 0 spiro atoms. The van der Waals surface area contributed by atoms with Crippen molar-refractivity contribution in [3.63, 3.8) is 0 Å². The number of aromatic carboxylic acids is 1. The molecule has 0 aliphatic carbocycles. The predicted octanol–water partition coefficient (Wildman–Crippen LogP) is 1.21. The van der Waals surface area contributed by atoms with E-state index in [0.29, 0.717) is 4.88 Å². The summed E-state index contributed by atoms with van der Waals surface area (Å²) in [6.07, 6.45) is 2.56. The highest BCUT2D eigenvalue weighted by Crippen LogP contribution is 2.13. The summed E-state index contributed by atoms with van der Waals surface area (Å²) in [4.78, 5) is 38.6. The fourth-order valence-corrected chi connectivity index (χ4v) is 2.17. The van der Waals surface area contributed by atoms with E-state index in [1.165, 1.54) is 29.8 Å². The van der Waals surface area contributed by atoms with Gasteiger partial charge in [-0.05, 0) is 17.5 Å². The molecule has 0 radical (unpaired) electrons. The van der Waals surface area contributed by atoms with Crippen molar-refractivity contribution in [3.8, 4) is 0 Å². The van der Waals surface area contributed by atoms with Gasteiger partial charge < -0.3 is 15.7 Å². The van der Waals surface area contributed by atoms with Gasteiger partial charge in [0, 0.05) is 6.20 Å². The fourth-order valence-electron chi connectivity index (χ4n) is 1.53. The molecule has 0 saturated heterocycles. The maximum absolute atomic E-state index is 11.7. The summed E-state index contributed by atoms with van der Waals surface area (Å²) in [6.45, 7) is -0.259. The van der Waals surface area contributed by atoms with Crippen LogP contribution in [0.4, 0.5) is 5.69 Å². The monoisotopic (exact) mass is 305 g/mol. The van der Waals surface area contributed by atoms with Gasteiger partial charge in [0.05, 0.1) is 28.9 Å². The average molecular weight is 305 g/mol. The molecule has 0 aromatic carbocycles. The van der Waals surface area contributed by atoms with Crippen LogP contribution in [0, 0.1) is 0 Å². The number of anilines is 1. The maximum atomic E-state index is 11.7. The number of carbonyl (C=O) groups excluding carboxylic acids is 2. The minimum absolute atomic E-state index is 0.0667. The van der Waals surface area contributed by atoms with Crippen LogP contribution < -0.4 is 10.6 Å². The van der Waals surface area contributed by atoms with E-state index >= 15 is 0 Å². The van der Waals surface area contributed by atoms with Crippen molar-refractivity contribution in [2.24, 2.45) is 0 Å². The van der Waals surface area contributed by atoms with Crippen LogP contribution in [-0.2, 0) is 4.79 Å². The second-order valence-corrected chi connectivity index (χ2v) is 4.88. The molecule has 0 saturated carbocycles. The highest BCUT2D eigenvalue weighted by Gasteiger charge is 2.13. The third kappa shape index (κ3) is 3.86. The first-order chi connectivity index (χ1) is 10.1. The summed E-state index contributed by atoms with van der Waals surface area (Å²) in [5.74, 6) is -2.06. The Bertz CT molecular complexity index is 670. The number of nitrogens with one attached hydrogen (secondary N) is 2. The lowest BCUT2D eigenvalue weighted by Crippen LogP contribution is -2.32. The van der Waals surface area contributed by atoms with E-state index in [9.17, 15) is 14.4 Å². The van der Waals surface area contributed by atoms with E-state index in [1.54, 1.807) is 17.5 Å². The lowest BCUT2D eigenvalue weighted by molar-refractivity contribution is -0.115. The first-order valence-corrected chi connectivity index (χ1v) is 6.74. The van der Waals surface area contributed by atoms with Crippen LogP contribution in [0.2, 0.25) is 0 Å². The van der Waals surface area contributed by atoms with Crippen LogP contribution in [0.5, 0.6) is 0 Å². The van der Waals surface area contributed by atoms with Crippen molar-refractivity contribution in [2.75, 3.05) is 11.9 Å². The van der Waals surface area contributed by atoms with Gasteiger partial charge in [-0.1, -0.05) is 6.07 Å². The highest BCUT2D eigenvalue weighted by atomic mass is 32.1. The lowest BCUT2D eigenvalue weighted by Gasteiger charge is -2.08. The molecule has 2 aromatic heterocycles. The van der Waals surface area contributed by atoms with Gasteiger partial charge in [0.15, 0.2) is 0 Å². The van der Waals surface area contributed by atoms with Gasteiger partial charge in [-0.2, -0.15) is 0 Å². The summed E-state index contributed by atoms with van der Waals surface area (Å²) >= 11 is 1.26. The zero-order valence-corrected chi connectivity index (χ0v) is 11.5. The summed E-state index contributed by atoms with van der Waals surface area (Å²) < 4.78 is 0. The number of hydrogen-bond donors (Lipinski definition) is 3. The van der Waals surface area contributed by atoms with Crippen molar-refractivity contribution >= 4 is 34.8 Å². The standard InChI is InChI=1S/C13H11N3O4S/c17-11(7-15-12(18)10-2-1-5-21-10)16-9-6-14-4-3-8(9)13(19)20/h1-6H,7H2,(H,15,18)(H,16,17)(H,19,20). The van der Waals surface area contributed by atoms with E-state index < -0.39 is 11.9 Å². The van der Waals surface area contributed by atoms with Crippen LogP contribution in [0.25, 0.3) is 0 Å². The number of carboxylic acids is 1. The van der Waals surface area contributed by atoms with Gasteiger partial charge in [0.1, 0.15) is 0 Å². The quantitative estimate of drug-likeness (QED) is 0.769. The van der Waals surface area contributed by atoms with E-state index in [0.717, 1.165) is 0 Å². The van der Waals surface area contributed by atoms with E-state index in [4.69, 9.17) is 5.11 Å². The molecule has 2 rings (SSSR count). The summed E-state index contributed by atoms with van der Waals surface area (Å²) in [5.41, 5.74) is 0.0169. The van der Waals surface area contributed by atoms with Gasteiger partial charge >= 0.3 is 5.97 Å². The van der Waals surface area contributed by atoms with E-state index in [2.05, 4.69) is 15.6 Å². The third-order valence-electron chi connectivity index (χ3n) is 2.48. The number of carboxylic acid groups (broad SMARTS) is 1. The largest absolute Gasteiger partial charge is 0.478 e. The van der Waals surface area contributed by atoms with Crippen molar-refractivity contribution in [2.45, 2.75) is 0 Å². The normalized spacial score (nSPS) is 9.90. The molecule has 2 heterocycles. The first kappa shape index (κ1) is 14.7. The zero-order chi connectivity index (χ0) is 15.2. The smallest absolute Gasteiger partial charge is 0.337 e. The molecule has 3 N–H and O–H groups in total. The summed E-state index contributed by atoms with van der Waals surface area (Å²) in [6, 6.07) is 4.65. The van der Waals surface area contributed by atoms with Gasteiger partial charge in [0.2, 0.25) is 5.91 Å².